The molecule has 0 amide bonds. The van der Waals surface area contributed by atoms with Gasteiger partial charge in [0, 0.05) is 12.4 Å². The molecule has 0 fully saturated rings. The molecule has 0 aliphatic heterocycles. The zero-order valence-electron chi connectivity index (χ0n) is 12.8. The number of aryl methyl sites for hydroxylation is 1. The van der Waals surface area contributed by atoms with Crippen LogP contribution in [0, 0.1) is 13.8 Å². The zero-order chi connectivity index (χ0) is 15.4. The second-order valence-corrected chi connectivity index (χ2v) is 6.07. The van der Waals surface area contributed by atoms with Gasteiger partial charge in [0.05, 0.1) is 17.5 Å². The number of aromatic nitrogens is 2. The molecule has 1 heterocycles. The van der Waals surface area contributed by atoms with E-state index in [1.807, 2.05) is 30.7 Å². The smallest absolute Gasteiger partial charge is 0.316 e. The third-order valence-electron chi connectivity index (χ3n) is 3.13. The maximum atomic E-state index is 11.6. The molecule has 2 aromatic rings. The summed E-state index contributed by atoms with van der Waals surface area (Å²) < 4.78 is 7.15. The molecule has 5 heteroatoms. The first-order chi connectivity index (χ1) is 9.99. The number of hydrogen-bond acceptors (Lipinski definition) is 4. The lowest BCUT2D eigenvalue weighted by Gasteiger charge is -2.12. The normalized spacial score (nSPS) is 10.9. The van der Waals surface area contributed by atoms with Crippen LogP contribution in [0.5, 0.6) is 0 Å². The van der Waals surface area contributed by atoms with Gasteiger partial charge in [0.2, 0.25) is 0 Å². The lowest BCUT2D eigenvalue weighted by molar-refractivity contribution is -0.144. The average molecular weight is 304 g/mol. The lowest BCUT2D eigenvalue weighted by atomic mass is 10.1. The Morgan fingerprint density at radius 2 is 2.14 bits per heavy atom. The van der Waals surface area contributed by atoms with Gasteiger partial charge in [-0.2, -0.15) is 0 Å². The first-order valence-corrected chi connectivity index (χ1v) is 7.90. The zero-order valence-corrected chi connectivity index (χ0v) is 13.6. The summed E-state index contributed by atoms with van der Waals surface area (Å²) in [4.78, 5) is 16.0. The molecule has 1 aromatic heterocycles. The second-order valence-electron chi connectivity index (χ2n) is 5.13. The molecule has 0 saturated carbocycles. The van der Waals surface area contributed by atoms with E-state index in [1.165, 1.54) is 22.9 Å². The third kappa shape index (κ3) is 3.88. The molecule has 0 bridgehead atoms. The van der Waals surface area contributed by atoms with Gasteiger partial charge in [-0.25, -0.2) is 4.98 Å². The van der Waals surface area contributed by atoms with E-state index >= 15 is 0 Å². The predicted molar refractivity (Wildman–Crippen MR) is 85.0 cm³/mol. The van der Waals surface area contributed by atoms with Crippen molar-refractivity contribution in [2.24, 2.45) is 0 Å². The van der Waals surface area contributed by atoms with Crippen molar-refractivity contribution in [3.63, 3.8) is 0 Å². The van der Waals surface area contributed by atoms with Crippen molar-refractivity contribution in [2.75, 3.05) is 5.75 Å². The number of esters is 1. The molecule has 0 radical (unpaired) electrons. The van der Waals surface area contributed by atoms with Gasteiger partial charge in [0.1, 0.15) is 0 Å². The van der Waals surface area contributed by atoms with E-state index in [0.717, 1.165) is 10.8 Å². The van der Waals surface area contributed by atoms with E-state index in [-0.39, 0.29) is 17.8 Å². The second kappa shape index (κ2) is 6.80. The summed E-state index contributed by atoms with van der Waals surface area (Å²) in [6, 6.07) is 6.17. The van der Waals surface area contributed by atoms with Gasteiger partial charge in [-0.1, -0.05) is 23.9 Å². The van der Waals surface area contributed by atoms with Crippen molar-refractivity contribution in [3.8, 4) is 5.69 Å². The van der Waals surface area contributed by atoms with Crippen LogP contribution < -0.4 is 0 Å². The van der Waals surface area contributed by atoms with Gasteiger partial charge in [-0.15, -0.1) is 0 Å². The van der Waals surface area contributed by atoms with Crippen LogP contribution in [-0.4, -0.2) is 27.4 Å². The Hall–Kier alpha value is -1.75. The van der Waals surface area contributed by atoms with Crippen LogP contribution in [0.4, 0.5) is 0 Å². The molecule has 0 unspecified atom stereocenters. The summed E-state index contributed by atoms with van der Waals surface area (Å²) in [6.45, 7) is 7.87. The fourth-order valence-corrected chi connectivity index (χ4v) is 2.75. The summed E-state index contributed by atoms with van der Waals surface area (Å²) in [5.41, 5.74) is 3.53. The fraction of sp³-hybridized carbons (Fsp3) is 0.375. The summed E-state index contributed by atoms with van der Waals surface area (Å²) >= 11 is 1.39. The van der Waals surface area contributed by atoms with E-state index in [0.29, 0.717) is 0 Å². The van der Waals surface area contributed by atoms with Crippen LogP contribution in [0.1, 0.15) is 25.0 Å². The van der Waals surface area contributed by atoms with Crippen molar-refractivity contribution in [1.29, 1.82) is 0 Å². The molecule has 4 nitrogen and oxygen atoms in total. The largest absolute Gasteiger partial charge is 0.462 e. The summed E-state index contributed by atoms with van der Waals surface area (Å²) in [7, 11) is 0. The van der Waals surface area contributed by atoms with Crippen molar-refractivity contribution in [1.82, 2.24) is 9.55 Å². The summed E-state index contributed by atoms with van der Waals surface area (Å²) in [5, 5.41) is 0.796. The molecule has 0 aliphatic carbocycles. The van der Waals surface area contributed by atoms with Gasteiger partial charge in [0.15, 0.2) is 5.16 Å². The first kappa shape index (κ1) is 15.6. The Labute approximate surface area is 129 Å². The van der Waals surface area contributed by atoms with Gasteiger partial charge < -0.3 is 4.74 Å². The molecule has 21 heavy (non-hydrogen) atoms. The van der Waals surface area contributed by atoms with E-state index in [9.17, 15) is 4.79 Å². The highest BCUT2D eigenvalue weighted by Crippen LogP contribution is 2.24. The SMILES string of the molecule is Cc1cccc(-n2ccnc2SCC(=O)OC(C)C)c1C. The minimum atomic E-state index is -0.217. The van der Waals surface area contributed by atoms with E-state index in [1.54, 1.807) is 6.20 Å². The molecule has 0 N–H and O–H groups in total. The van der Waals surface area contributed by atoms with Gasteiger partial charge in [0.25, 0.3) is 0 Å². The molecule has 112 valence electrons. The Kier molecular flexibility index (Phi) is 5.07. The quantitative estimate of drug-likeness (QED) is 0.626. The summed E-state index contributed by atoms with van der Waals surface area (Å²) in [6.07, 6.45) is 3.58. The molecule has 0 atom stereocenters. The van der Waals surface area contributed by atoms with Crippen LogP contribution in [-0.2, 0) is 9.53 Å². The standard InChI is InChI=1S/C16H20N2O2S/c1-11(2)20-15(19)10-21-16-17-8-9-18(16)14-7-5-6-12(3)13(14)4/h5-9,11H,10H2,1-4H3. The monoisotopic (exact) mass is 304 g/mol. The van der Waals surface area contributed by atoms with Crippen molar-refractivity contribution < 1.29 is 9.53 Å². The van der Waals surface area contributed by atoms with Crippen LogP contribution >= 0.6 is 11.8 Å². The van der Waals surface area contributed by atoms with Crippen LogP contribution in [0.25, 0.3) is 5.69 Å². The molecular formula is C16H20N2O2S. The number of hydrogen-bond donors (Lipinski definition) is 0. The van der Waals surface area contributed by atoms with Gasteiger partial charge >= 0.3 is 5.97 Å². The molecule has 0 saturated heterocycles. The minimum absolute atomic E-state index is 0.0862. The highest BCUT2D eigenvalue weighted by Gasteiger charge is 2.12. The number of benzene rings is 1. The Morgan fingerprint density at radius 1 is 1.38 bits per heavy atom. The number of imidazole rings is 1. The maximum Gasteiger partial charge on any atom is 0.316 e. The highest BCUT2D eigenvalue weighted by atomic mass is 32.2. The maximum absolute atomic E-state index is 11.6. The molecule has 1 aromatic carbocycles. The van der Waals surface area contributed by atoms with Crippen LogP contribution in [0.3, 0.4) is 0 Å². The number of rotatable bonds is 5. The topological polar surface area (TPSA) is 44.1 Å². The Bertz CT molecular complexity index is 635. The third-order valence-corrected chi connectivity index (χ3v) is 4.07. The highest BCUT2D eigenvalue weighted by molar-refractivity contribution is 7.99. The molecule has 0 spiro atoms. The molecular weight excluding hydrogens is 284 g/mol. The number of carbonyl (C=O) groups excluding carboxylic acids is 1. The number of carbonyl (C=O) groups is 1. The average Bonchev–Trinajstić information content (AvgIpc) is 2.87. The minimum Gasteiger partial charge on any atom is -0.462 e. The number of nitrogens with zero attached hydrogens (tertiary/aromatic N) is 2. The van der Waals surface area contributed by atoms with Crippen LogP contribution in [0.15, 0.2) is 35.7 Å². The predicted octanol–water partition coefficient (Wildman–Crippen LogP) is 3.53. The Balaban J connectivity index is 2.16. The van der Waals surface area contributed by atoms with Gasteiger partial charge in [-0.3, -0.25) is 9.36 Å². The molecule has 2 rings (SSSR count). The van der Waals surface area contributed by atoms with E-state index < -0.39 is 0 Å². The summed E-state index contributed by atoms with van der Waals surface area (Å²) in [5.74, 6) is 0.0468. The van der Waals surface area contributed by atoms with E-state index in [2.05, 4.69) is 31.0 Å². The van der Waals surface area contributed by atoms with Crippen molar-refractivity contribution in [2.45, 2.75) is 39.0 Å². The van der Waals surface area contributed by atoms with E-state index in [4.69, 9.17) is 4.74 Å². The first-order valence-electron chi connectivity index (χ1n) is 6.91. The fourth-order valence-electron chi connectivity index (χ4n) is 2.00. The van der Waals surface area contributed by atoms with Crippen molar-refractivity contribution in [3.05, 3.63) is 41.7 Å². The van der Waals surface area contributed by atoms with Crippen LogP contribution in [0.2, 0.25) is 0 Å². The van der Waals surface area contributed by atoms with Gasteiger partial charge in [-0.05, 0) is 44.9 Å². The number of thioether (sulfide) groups is 1. The number of ether oxygens (including phenoxy) is 1. The Morgan fingerprint density at radius 3 is 2.86 bits per heavy atom. The lowest BCUT2D eigenvalue weighted by Crippen LogP contribution is -2.13. The molecule has 0 aliphatic rings. The van der Waals surface area contributed by atoms with Crippen molar-refractivity contribution >= 4 is 17.7 Å².